The van der Waals surface area contributed by atoms with E-state index in [1.165, 1.54) is 18.2 Å². The summed E-state index contributed by atoms with van der Waals surface area (Å²) in [7, 11) is -3.94. The first-order valence-corrected chi connectivity index (χ1v) is 10.4. The van der Waals surface area contributed by atoms with Gasteiger partial charge in [-0.05, 0) is 35.9 Å². The third-order valence-corrected chi connectivity index (χ3v) is 6.07. The van der Waals surface area contributed by atoms with Gasteiger partial charge in [-0.15, -0.1) is 0 Å². The van der Waals surface area contributed by atoms with Gasteiger partial charge in [0.25, 0.3) is 10.0 Å². The van der Waals surface area contributed by atoms with E-state index in [-0.39, 0.29) is 11.4 Å². The molecule has 5 nitrogen and oxygen atoms in total. The maximum atomic E-state index is 13.2. The van der Waals surface area contributed by atoms with Crippen LogP contribution < -0.4 is 9.62 Å². The van der Waals surface area contributed by atoms with Gasteiger partial charge >= 0.3 is 0 Å². The number of halogens is 1. The predicted molar refractivity (Wildman–Crippen MR) is 111 cm³/mol. The van der Waals surface area contributed by atoms with Crippen LogP contribution in [0, 0.1) is 0 Å². The molecular weight excluding hydrogens is 396 g/mol. The molecule has 1 amide bonds. The number of carbonyl (C=O) groups excluding carboxylic acids is 1. The molecule has 0 aliphatic carbocycles. The topological polar surface area (TPSA) is 66.5 Å². The van der Waals surface area contributed by atoms with Crippen molar-refractivity contribution in [3.8, 4) is 0 Å². The first-order chi connectivity index (χ1) is 13.5. The van der Waals surface area contributed by atoms with E-state index in [0.717, 1.165) is 9.87 Å². The molecule has 0 aliphatic heterocycles. The summed E-state index contributed by atoms with van der Waals surface area (Å²) in [6, 6.07) is 23.8. The molecule has 7 heteroatoms. The van der Waals surface area contributed by atoms with Gasteiger partial charge in [0.2, 0.25) is 5.91 Å². The molecule has 3 rings (SSSR count). The highest BCUT2D eigenvalue weighted by atomic mass is 35.5. The van der Waals surface area contributed by atoms with Gasteiger partial charge < -0.3 is 5.32 Å². The molecule has 0 atom stereocenters. The van der Waals surface area contributed by atoms with Gasteiger partial charge in [-0.2, -0.15) is 0 Å². The lowest BCUT2D eigenvalue weighted by Gasteiger charge is -2.24. The Kier molecular flexibility index (Phi) is 6.34. The molecular formula is C21H19ClN2O3S. The number of nitrogens with one attached hydrogen (secondary N) is 1. The Labute approximate surface area is 169 Å². The van der Waals surface area contributed by atoms with E-state index < -0.39 is 15.9 Å². The average molecular weight is 415 g/mol. The van der Waals surface area contributed by atoms with E-state index in [1.807, 2.05) is 30.3 Å². The molecule has 0 unspecified atom stereocenters. The molecule has 0 aromatic heterocycles. The lowest BCUT2D eigenvalue weighted by molar-refractivity contribution is -0.119. The molecule has 0 radical (unpaired) electrons. The minimum Gasteiger partial charge on any atom is -0.350 e. The fourth-order valence-electron chi connectivity index (χ4n) is 2.65. The fraction of sp³-hybridized carbons (Fsp3) is 0.0952. The van der Waals surface area contributed by atoms with Crippen LogP contribution in [0.1, 0.15) is 5.56 Å². The summed E-state index contributed by atoms with van der Waals surface area (Å²) in [6.07, 6.45) is 0. The van der Waals surface area contributed by atoms with Crippen molar-refractivity contribution in [3.63, 3.8) is 0 Å². The molecule has 3 aromatic carbocycles. The van der Waals surface area contributed by atoms with Crippen LogP contribution in [0.15, 0.2) is 89.8 Å². The van der Waals surface area contributed by atoms with E-state index in [4.69, 9.17) is 11.6 Å². The molecule has 0 spiro atoms. The number of nitrogens with zero attached hydrogens (tertiary/aromatic N) is 1. The van der Waals surface area contributed by atoms with Gasteiger partial charge in [0, 0.05) is 11.6 Å². The number of amides is 1. The molecule has 1 N–H and O–H groups in total. The van der Waals surface area contributed by atoms with Gasteiger partial charge in [0.15, 0.2) is 0 Å². The summed E-state index contributed by atoms with van der Waals surface area (Å²) in [4.78, 5) is 12.6. The van der Waals surface area contributed by atoms with Crippen molar-refractivity contribution in [1.82, 2.24) is 5.32 Å². The van der Waals surface area contributed by atoms with Crippen LogP contribution in [-0.2, 0) is 21.4 Å². The Hall–Kier alpha value is -2.83. The van der Waals surface area contributed by atoms with Crippen molar-refractivity contribution in [1.29, 1.82) is 0 Å². The predicted octanol–water partition coefficient (Wildman–Crippen LogP) is 3.85. The third-order valence-electron chi connectivity index (χ3n) is 4.05. The average Bonchev–Trinajstić information content (AvgIpc) is 2.72. The SMILES string of the molecule is O=C(CN(c1cccc(Cl)c1)S(=O)(=O)c1ccccc1)NCc1ccccc1. The van der Waals surface area contributed by atoms with E-state index in [1.54, 1.807) is 36.4 Å². The normalized spacial score (nSPS) is 11.0. The number of benzene rings is 3. The largest absolute Gasteiger partial charge is 0.350 e. The van der Waals surface area contributed by atoms with Crippen LogP contribution in [-0.4, -0.2) is 20.9 Å². The van der Waals surface area contributed by atoms with Crippen molar-refractivity contribution < 1.29 is 13.2 Å². The van der Waals surface area contributed by atoms with Gasteiger partial charge in [0.1, 0.15) is 6.54 Å². The molecule has 0 saturated carbocycles. The summed E-state index contributed by atoms with van der Waals surface area (Å²) in [5.74, 6) is -0.414. The van der Waals surface area contributed by atoms with E-state index >= 15 is 0 Å². The first-order valence-electron chi connectivity index (χ1n) is 8.61. The second-order valence-electron chi connectivity index (χ2n) is 6.07. The van der Waals surface area contributed by atoms with E-state index in [9.17, 15) is 13.2 Å². The minimum absolute atomic E-state index is 0.103. The maximum absolute atomic E-state index is 13.2. The summed E-state index contributed by atoms with van der Waals surface area (Å²) < 4.78 is 27.4. The lowest BCUT2D eigenvalue weighted by Crippen LogP contribution is -2.40. The number of sulfonamides is 1. The number of hydrogen-bond donors (Lipinski definition) is 1. The number of hydrogen-bond acceptors (Lipinski definition) is 3. The van der Waals surface area contributed by atoms with E-state index in [2.05, 4.69) is 5.32 Å². The minimum atomic E-state index is -3.94. The Bertz CT molecular complexity index is 1040. The van der Waals surface area contributed by atoms with Crippen LogP contribution >= 0.6 is 11.6 Å². The zero-order valence-electron chi connectivity index (χ0n) is 15.0. The van der Waals surface area contributed by atoms with Crippen LogP contribution in [0.5, 0.6) is 0 Å². The van der Waals surface area contributed by atoms with Crippen LogP contribution in [0.4, 0.5) is 5.69 Å². The van der Waals surface area contributed by atoms with Gasteiger partial charge in [-0.3, -0.25) is 9.10 Å². The quantitative estimate of drug-likeness (QED) is 0.638. The lowest BCUT2D eigenvalue weighted by atomic mass is 10.2. The zero-order chi connectivity index (χ0) is 20.0. The monoisotopic (exact) mass is 414 g/mol. The number of rotatable bonds is 7. The maximum Gasteiger partial charge on any atom is 0.264 e. The molecule has 144 valence electrons. The Morgan fingerprint density at radius 3 is 2.18 bits per heavy atom. The molecule has 0 fully saturated rings. The second-order valence-corrected chi connectivity index (χ2v) is 8.37. The van der Waals surface area contributed by atoms with Crippen molar-refractivity contribution in [2.45, 2.75) is 11.4 Å². The van der Waals surface area contributed by atoms with Crippen molar-refractivity contribution in [2.24, 2.45) is 0 Å². The highest BCUT2D eigenvalue weighted by molar-refractivity contribution is 7.92. The molecule has 3 aromatic rings. The standard InChI is InChI=1S/C21H19ClN2O3S/c22-18-10-7-11-19(14-18)24(28(26,27)20-12-5-2-6-13-20)16-21(25)23-15-17-8-3-1-4-9-17/h1-14H,15-16H2,(H,23,25). The molecule has 0 heterocycles. The highest BCUT2D eigenvalue weighted by Crippen LogP contribution is 2.25. The van der Waals surface area contributed by atoms with Crippen molar-refractivity contribution in [3.05, 3.63) is 95.5 Å². The van der Waals surface area contributed by atoms with Crippen molar-refractivity contribution >= 4 is 33.2 Å². The summed E-state index contributed by atoms with van der Waals surface area (Å²) in [5, 5.41) is 3.14. The van der Waals surface area contributed by atoms with Gasteiger partial charge in [0.05, 0.1) is 10.6 Å². The van der Waals surface area contributed by atoms with Crippen LogP contribution in [0.2, 0.25) is 5.02 Å². The Morgan fingerprint density at radius 1 is 0.893 bits per heavy atom. The number of anilines is 1. The molecule has 0 bridgehead atoms. The van der Waals surface area contributed by atoms with Gasteiger partial charge in [-0.1, -0.05) is 66.2 Å². The summed E-state index contributed by atoms with van der Waals surface area (Å²) >= 11 is 6.04. The van der Waals surface area contributed by atoms with Gasteiger partial charge in [-0.25, -0.2) is 8.42 Å². The molecule has 28 heavy (non-hydrogen) atoms. The number of carbonyl (C=O) groups is 1. The Morgan fingerprint density at radius 2 is 1.54 bits per heavy atom. The van der Waals surface area contributed by atoms with Crippen molar-refractivity contribution in [2.75, 3.05) is 10.8 Å². The third kappa shape index (κ3) is 4.91. The molecule has 0 aliphatic rings. The Balaban J connectivity index is 1.85. The molecule has 0 saturated heterocycles. The van der Waals surface area contributed by atoms with Crippen LogP contribution in [0.25, 0.3) is 0 Å². The summed E-state index contributed by atoms with van der Waals surface area (Å²) in [5.41, 5.74) is 1.25. The fourth-order valence-corrected chi connectivity index (χ4v) is 4.27. The highest BCUT2D eigenvalue weighted by Gasteiger charge is 2.27. The first kappa shape index (κ1) is 19.9. The second kappa shape index (κ2) is 8.91. The zero-order valence-corrected chi connectivity index (χ0v) is 16.5. The van der Waals surface area contributed by atoms with E-state index in [0.29, 0.717) is 17.3 Å². The smallest absolute Gasteiger partial charge is 0.264 e. The summed E-state index contributed by atoms with van der Waals surface area (Å²) in [6.45, 7) is -0.0428. The van der Waals surface area contributed by atoms with Crippen LogP contribution in [0.3, 0.4) is 0 Å².